The Labute approximate surface area is 128 Å². The third kappa shape index (κ3) is 5.42. The second kappa shape index (κ2) is 7.39. The average Bonchev–Trinajstić information content (AvgIpc) is 2.85. The van der Waals surface area contributed by atoms with Crippen LogP contribution in [-0.4, -0.2) is 39.9 Å². The quantitative estimate of drug-likeness (QED) is 0.812. The van der Waals surface area contributed by atoms with Crippen LogP contribution in [0.4, 0.5) is 0 Å². The van der Waals surface area contributed by atoms with E-state index >= 15 is 0 Å². The van der Waals surface area contributed by atoms with Crippen LogP contribution in [0.1, 0.15) is 50.7 Å². The van der Waals surface area contributed by atoms with Crippen molar-refractivity contribution in [2.24, 2.45) is 0 Å². The first-order valence-electron chi connectivity index (χ1n) is 8.13. The lowest BCUT2D eigenvalue weighted by Crippen LogP contribution is -2.29. The van der Waals surface area contributed by atoms with Crippen molar-refractivity contribution < 1.29 is 10.2 Å². The minimum absolute atomic E-state index is 0.289. The third-order valence-corrected chi connectivity index (χ3v) is 4.40. The van der Waals surface area contributed by atoms with Crippen molar-refractivity contribution in [3.8, 4) is 0 Å². The lowest BCUT2D eigenvalue weighted by molar-refractivity contribution is 0.0714. The molecule has 1 heterocycles. The van der Waals surface area contributed by atoms with E-state index in [4.69, 9.17) is 5.11 Å². The highest BCUT2D eigenvalue weighted by Gasteiger charge is 2.23. The highest BCUT2D eigenvalue weighted by atomic mass is 16.3. The molecule has 1 aliphatic rings. The Morgan fingerprint density at radius 3 is 2.48 bits per heavy atom. The molecule has 0 saturated carbocycles. The van der Waals surface area contributed by atoms with E-state index in [1.54, 1.807) is 0 Å². The molecule has 0 unspecified atom stereocenters. The van der Waals surface area contributed by atoms with Gasteiger partial charge in [-0.2, -0.15) is 0 Å². The second-order valence-corrected chi connectivity index (χ2v) is 6.91. The molecule has 1 atom stereocenters. The Morgan fingerprint density at radius 2 is 1.86 bits per heavy atom. The minimum atomic E-state index is -0.592. The van der Waals surface area contributed by atoms with Crippen LogP contribution < -0.4 is 0 Å². The molecule has 2 N–H and O–H groups in total. The molecule has 0 radical (unpaired) electrons. The molecule has 1 aromatic rings. The topological polar surface area (TPSA) is 43.7 Å². The summed E-state index contributed by atoms with van der Waals surface area (Å²) in [5.74, 6) is 0. The first kappa shape index (κ1) is 16.5. The molecule has 2 rings (SSSR count). The normalized spacial score (nSPS) is 20.1. The van der Waals surface area contributed by atoms with Crippen molar-refractivity contribution in [2.45, 2.75) is 64.1 Å². The van der Waals surface area contributed by atoms with Crippen molar-refractivity contribution in [3.63, 3.8) is 0 Å². The van der Waals surface area contributed by atoms with Gasteiger partial charge < -0.3 is 10.2 Å². The minimum Gasteiger partial charge on any atom is -0.396 e. The molecule has 0 aromatic heterocycles. The monoisotopic (exact) mass is 291 g/mol. The van der Waals surface area contributed by atoms with Gasteiger partial charge in [0.25, 0.3) is 0 Å². The third-order valence-electron chi connectivity index (χ3n) is 4.40. The van der Waals surface area contributed by atoms with Gasteiger partial charge in [0.2, 0.25) is 0 Å². The van der Waals surface area contributed by atoms with E-state index in [-0.39, 0.29) is 6.61 Å². The van der Waals surface area contributed by atoms with Crippen LogP contribution in [0.15, 0.2) is 24.3 Å². The molecule has 1 fully saturated rings. The van der Waals surface area contributed by atoms with Gasteiger partial charge in [0.1, 0.15) is 0 Å². The van der Waals surface area contributed by atoms with Gasteiger partial charge in [0, 0.05) is 19.2 Å². The molecule has 1 aromatic carbocycles. The van der Waals surface area contributed by atoms with Gasteiger partial charge in [-0.1, -0.05) is 24.3 Å². The van der Waals surface area contributed by atoms with Crippen LogP contribution in [-0.2, 0) is 13.0 Å². The average molecular weight is 291 g/mol. The van der Waals surface area contributed by atoms with Crippen molar-refractivity contribution >= 4 is 0 Å². The fourth-order valence-electron chi connectivity index (χ4n) is 3.08. The van der Waals surface area contributed by atoms with E-state index in [2.05, 4.69) is 29.2 Å². The smallest absolute Gasteiger partial charge is 0.0594 e. The zero-order valence-corrected chi connectivity index (χ0v) is 13.4. The Morgan fingerprint density at radius 1 is 1.19 bits per heavy atom. The van der Waals surface area contributed by atoms with E-state index < -0.39 is 5.60 Å². The van der Waals surface area contributed by atoms with Gasteiger partial charge in [0.05, 0.1) is 5.60 Å². The number of aliphatic hydroxyl groups is 2. The lowest BCUT2D eigenvalue weighted by atomic mass is 9.98. The summed E-state index contributed by atoms with van der Waals surface area (Å²) in [6.07, 6.45) is 5.06. The predicted octanol–water partition coefficient (Wildman–Crippen LogP) is 2.74. The van der Waals surface area contributed by atoms with Gasteiger partial charge in [-0.05, 0) is 63.6 Å². The molecule has 1 saturated heterocycles. The summed E-state index contributed by atoms with van der Waals surface area (Å²) in [7, 11) is 0. The fraction of sp³-hybridized carbons (Fsp3) is 0.667. The maximum absolute atomic E-state index is 9.78. The van der Waals surface area contributed by atoms with Crippen molar-refractivity contribution in [2.75, 3.05) is 13.2 Å². The number of hydrogen-bond donors (Lipinski definition) is 2. The van der Waals surface area contributed by atoms with Gasteiger partial charge >= 0.3 is 0 Å². The summed E-state index contributed by atoms with van der Waals surface area (Å²) in [5, 5.41) is 18.9. The standard InChI is InChI=1S/C18H29NO2/c1-18(2,21)11-9-15-5-7-16(8-6-15)14-19-12-3-4-17(19)10-13-20/h5-8,17,20-21H,3-4,9-14H2,1-2H3/t17-/m0/s1. The highest BCUT2D eigenvalue weighted by Crippen LogP contribution is 2.22. The predicted molar refractivity (Wildman–Crippen MR) is 86.2 cm³/mol. The van der Waals surface area contributed by atoms with E-state index in [0.29, 0.717) is 6.04 Å². The lowest BCUT2D eigenvalue weighted by Gasteiger charge is -2.24. The van der Waals surface area contributed by atoms with Gasteiger partial charge in [-0.3, -0.25) is 4.90 Å². The van der Waals surface area contributed by atoms with Gasteiger partial charge in [0.15, 0.2) is 0 Å². The molecular formula is C18H29NO2. The van der Waals surface area contributed by atoms with Gasteiger partial charge in [-0.15, -0.1) is 0 Å². The summed E-state index contributed by atoms with van der Waals surface area (Å²) < 4.78 is 0. The number of aliphatic hydroxyl groups excluding tert-OH is 1. The van der Waals surface area contributed by atoms with Crippen LogP contribution in [0.25, 0.3) is 0 Å². The van der Waals surface area contributed by atoms with Crippen molar-refractivity contribution in [1.29, 1.82) is 0 Å². The van der Waals surface area contributed by atoms with Crippen molar-refractivity contribution in [3.05, 3.63) is 35.4 Å². The Kier molecular flexibility index (Phi) is 5.80. The number of hydrogen-bond acceptors (Lipinski definition) is 3. The molecule has 3 heteroatoms. The van der Waals surface area contributed by atoms with E-state index in [1.807, 2.05) is 13.8 Å². The largest absolute Gasteiger partial charge is 0.396 e. The number of nitrogens with zero attached hydrogens (tertiary/aromatic N) is 1. The van der Waals surface area contributed by atoms with Crippen molar-refractivity contribution in [1.82, 2.24) is 4.90 Å². The number of rotatable bonds is 7. The molecule has 0 bridgehead atoms. The maximum atomic E-state index is 9.78. The second-order valence-electron chi connectivity index (χ2n) is 6.91. The molecule has 0 amide bonds. The fourth-order valence-corrected chi connectivity index (χ4v) is 3.08. The highest BCUT2D eigenvalue weighted by molar-refractivity contribution is 5.23. The zero-order valence-electron chi connectivity index (χ0n) is 13.4. The van der Waals surface area contributed by atoms with Crippen LogP contribution in [0.3, 0.4) is 0 Å². The van der Waals surface area contributed by atoms with Crippen LogP contribution in [0.5, 0.6) is 0 Å². The first-order chi connectivity index (χ1) is 9.98. The Hall–Kier alpha value is -0.900. The van der Waals surface area contributed by atoms with Crippen LogP contribution in [0.2, 0.25) is 0 Å². The zero-order chi connectivity index (χ0) is 15.3. The number of benzene rings is 1. The molecule has 1 aliphatic heterocycles. The van der Waals surface area contributed by atoms with Crippen LogP contribution in [0, 0.1) is 0 Å². The molecule has 0 aliphatic carbocycles. The van der Waals surface area contributed by atoms with Crippen LogP contribution >= 0.6 is 0 Å². The molecule has 3 nitrogen and oxygen atoms in total. The summed E-state index contributed by atoms with van der Waals surface area (Å²) in [6.45, 7) is 6.13. The maximum Gasteiger partial charge on any atom is 0.0594 e. The molecule has 21 heavy (non-hydrogen) atoms. The summed E-state index contributed by atoms with van der Waals surface area (Å²) >= 11 is 0. The summed E-state index contributed by atoms with van der Waals surface area (Å²) in [6, 6.07) is 9.31. The summed E-state index contributed by atoms with van der Waals surface area (Å²) in [4.78, 5) is 2.49. The summed E-state index contributed by atoms with van der Waals surface area (Å²) in [5.41, 5.74) is 2.03. The van der Waals surface area contributed by atoms with E-state index in [1.165, 1.54) is 24.0 Å². The number of aryl methyl sites for hydroxylation is 1. The van der Waals surface area contributed by atoms with E-state index in [9.17, 15) is 5.11 Å². The molecule has 118 valence electrons. The molecule has 0 spiro atoms. The number of likely N-dealkylation sites (tertiary alicyclic amines) is 1. The Balaban J connectivity index is 1.87. The first-order valence-corrected chi connectivity index (χ1v) is 8.13. The van der Waals surface area contributed by atoms with Gasteiger partial charge in [-0.25, -0.2) is 0 Å². The SMILES string of the molecule is CC(C)(O)CCc1ccc(CN2CCC[C@H]2CCO)cc1. The molecular weight excluding hydrogens is 262 g/mol. The Bertz CT molecular complexity index is 422. The van der Waals surface area contributed by atoms with E-state index in [0.717, 1.165) is 32.4 Å².